The Balaban J connectivity index is 2.37. The van der Waals surface area contributed by atoms with Crippen LogP contribution in [0.25, 0.3) is 0 Å². The summed E-state index contributed by atoms with van der Waals surface area (Å²) in [6.45, 7) is 6.85. The third-order valence-corrected chi connectivity index (χ3v) is 3.12. The van der Waals surface area contributed by atoms with Crippen molar-refractivity contribution in [1.82, 2.24) is 0 Å². The maximum atomic E-state index is 11.6. The highest BCUT2D eigenvalue weighted by Gasteiger charge is 2.11. The van der Waals surface area contributed by atoms with E-state index in [-0.39, 0.29) is 43.4 Å². The maximum absolute atomic E-state index is 11.6. The van der Waals surface area contributed by atoms with Crippen molar-refractivity contribution in [2.24, 2.45) is 11.8 Å². The molecule has 1 aromatic rings. The van der Waals surface area contributed by atoms with Gasteiger partial charge < -0.3 is 14.2 Å². The van der Waals surface area contributed by atoms with Crippen LogP contribution in [0, 0.1) is 11.8 Å². The van der Waals surface area contributed by atoms with E-state index >= 15 is 0 Å². The molecule has 0 bridgehead atoms. The molecule has 1 rings (SSSR count). The lowest BCUT2D eigenvalue weighted by Crippen LogP contribution is -2.21. The Labute approximate surface area is 142 Å². The van der Waals surface area contributed by atoms with E-state index in [0.29, 0.717) is 5.75 Å². The van der Waals surface area contributed by atoms with Gasteiger partial charge in [0, 0.05) is 5.92 Å². The highest BCUT2D eigenvalue weighted by atomic mass is 16.6. The van der Waals surface area contributed by atoms with Crippen molar-refractivity contribution in [3.63, 3.8) is 0 Å². The summed E-state index contributed by atoms with van der Waals surface area (Å²) in [5, 5.41) is 0. The molecule has 0 spiro atoms. The van der Waals surface area contributed by atoms with Gasteiger partial charge in [-0.25, -0.2) is 4.79 Å². The molecule has 6 nitrogen and oxygen atoms in total. The molecule has 0 heterocycles. The van der Waals surface area contributed by atoms with Crippen molar-refractivity contribution in [3.05, 3.63) is 29.8 Å². The van der Waals surface area contributed by atoms with Crippen molar-refractivity contribution < 1.29 is 28.6 Å². The van der Waals surface area contributed by atoms with E-state index in [2.05, 4.69) is 0 Å². The second-order valence-corrected chi connectivity index (χ2v) is 5.99. The Morgan fingerprint density at radius 1 is 0.917 bits per heavy atom. The lowest BCUT2D eigenvalue weighted by atomic mass is 10.1. The minimum Gasteiger partial charge on any atom is -0.461 e. The molecule has 0 atom stereocenters. The van der Waals surface area contributed by atoms with E-state index in [1.807, 2.05) is 0 Å². The van der Waals surface area contributed by atoms with E-state index in [1.165, 1.54) is 0 Å². The van der Waals surface area contributed by atoms with Gasteiger partial charge in [0.2, 0.25) is 0 Å². The number of carbonyl (C=O) groups is 3. The topological polar surface area (TPSA) is 78.9 Å². The first kappa shape index (κ1) is 19.8. The Morgan fingerprint density at radius 3 is 2.08 bits per heavy atom. The zero-order valence-electron chi connectivity index (χ0n) is 14.5. The predicted molar refractivity (Wildman–Crippen MR) is 87.4 cm³/mol. The van der Waals surface area contributed by atoms with E-state index in [0.717, 1.165) is 5.56 Å². The van der Waals surface area contributed by atoms with Gasteiger partial charge in [-0.05, 0) is 17.7 Å². The van der Waals surface area contributed by atoms with Crippen LogP contribution in [0.4, 0.5) is 0 Å². The van der Waals surface area contributed by atoms with Crippen LogP contribution < -0.4 is 4.74 Å². The van der Waals surface area contributed by atoms with E-state index in [1.54, 1.807) is 52.0 Å². The molecule has 6 heteroatoms. The Bertz CT molecular complexity index is 559. The Hall–Kier alpha value is -2.21. The predicted octanol–water partition coefficient (Wildman–Crippen LogP) is 2.53. The van der Waals surface area contributed by atoms with Crippen LogP contribution in [-0.4, -0.2) is 30.9 Å². The molecule has 0 aliphatic rings. The second kappa shape index (κ2) is 9.82. The van der Waals surface area contributed by atoms with Gasteiger partial charge in [0.05, 0.1) is 5.92 Å². The maximum Gasteiger partial charge on any atom is 0.337 e. The van der Waals surface area contributed by atoms with Crippen molar-refractivity contribution in [1.29, 1.82) is 0 Å². The summed E-state index contributed by atoms with van der Waals surface area (Å²) >= 11 is 0. The number of ether oxygens (including phenoxy) is 3. The summed E-state index contributed by atoms with van der Waals surface area (Å²) in [6.07, 6.45) is 0. The molecule has 0 aromatic heterocycles. The van der Waals surface area contributed by atoms with Crippen LogP contribution >= 0.6 is 0 Å². The van der Waals surface area contributed by atoms with Crippen LogP contribution in [0.2, 0.25) is 0 Å². The number of carbonyl (C=O) groups excluding carboxylic acids is 3. The fourth-order valence-electron chi connectivity index (χ4n) is 1.54. The number of esters is 2. The van der Waals surface area contributed by atoms with Gasteiger partial charge in [-0.1, -0.05) is 39.8 Å². The molecule has 0 unspecified atom stereocenters. The zero-order valence-corrected chi connectivity index (χ0v) is 14.5. The molecule has 0 fully saturated rings. The van der Waals surface area contributed by atoms with E-state index in [4.69, 9.17) is 14.2 Å². The van der Waals surface area contributed by atoms with Gasteiger partial charge in [-0.2, -0.15) is 0 Å². The Kier molecular flexibility index (Phi) is 8.12. The summed E-state index contributed by atoms with van der Waals surface area (Å²) in [5.41, 5.74) is 0.794. The zero-order chi connectivity index (χ0) is 18.1. The van der Waals surface area contributed by atoms with Gasteiger partial charge in [0.25, 0.3) is 0 Å². The fourth-order valence-corrected chi connectivity index (χ4v) is 1.54. The van der Waals surface area contributed by atoms with Gasteiger partial charge in [0.1, 0.15) is 25.6 Å². The number of ketones is 1. The van der Waals surface area contributed by atoms with Crippen LogP contribution in [0.3, 0.4) is 0 Å². The first-order chi connectivity index (χ1) is 11.3. The summed E-state index contributed by atoms with van der Waals surface area (Å²) in [6, 6.07) is 6.63. The van der Waals surface area contributed by atoms with Gasteiger partial charge in [-0.15, -0.1) is 0 Å². The van der Waals surface area contributed by atoms with Gasteiger partial charge in [-0.3, -0.25) is 9.59 Å². The van der Waals surface area contributed by atoms with Crippen molar-refractivity contribution in [3.8, 4) is 5.75 Å². The third-order valence-electron chi connectivity index (χ3n) is 3.12. The average molecular weight is 336 g/mol. The second-order valence-electron chi connectivity index (χ2n) is 5.99. The number of hydrogen-bond acceptors (Lipinski definition) is 6. The molecule has 24 heavy (non-hydrogen) atoms. The summed E-state index contributed by atoms with van der Waals surface area (Å²) in [5.74, 6) is -0.851. The third kappa shape index (κ3) is 7.37. The highest BCUT2D eigenvalue weighted by Crippen LogP contribution is 2.13. The first-order valence-corrected chi connectivity index (χ1v) is 7.86. The smallest absolute Gasteiger partial charge is 0.337 e. The largest absolute Gasteiger partial charge is 0.461 e. The molecule has 0 N–H and O–H groups in total. The van der Waals surface area contributed by atoms with Crippen LogP contribution in [0.5, 0.6) is 5.75 Å². The normalized spacial score (nSPS) is 10.8. The molecular formula is C18H24O6. The van der Waals surface area contributed by atoms with Crippen LogP contribution in [0.15, 0.2) is 24.3 Å². The summed E-state index contributed by atoms with van der Waals surface area (Å²) in [4.78, 5) is 34.4. The summed E-state index contributed by atoms with van der Waals surface area (Å²) < 4.78 is 15.2. The highest BCUT2D eigenvalue weighted by molar-refractivity contribution is 5.82. The molecule has 0 saturated carbocycles. The number of hydrogen-bond donors (Lipinski definition) is 0. The SMILES string of the molecule is CC(C)C(=O)COCC(=O)Oc1ccc(COC(=O)C(C)C)cc1. The summed E-state index contributed by atoms with van der Waals surface area (Å²) in [7, 11) is 0. The van der Waals surface area contributed by atoms with Gasteiger partial charge >= 0.3 is 11.9 Å². The molecule has 1 aromatic carbocycles. The number of rotatable bonds is 9. The standard InChI is InChI=1S/C18H24O6/c1-12(2)16(19)10-22-11-17(20)24-15-7-5-14(6-8-15)9-23-18(21)13(3)4/h5-8,12-13H,9-11H2,1-4H3. The number of Topliss-reactive ketones (excluding diaryl/α,β-unsaturated/α-hetero) is 1. The minimum atomic E-state index is -0.578. The quantitative estimate of drug-likeness (QED) is 0.509. The molecule has 132 valence electrons. The van der Waals surface area contributed by atoms with E-state index < -0.39 is 5.97 Å². The lowest BCUT2D eigenvalue weighted by Gasteiger charge is -2.09. The Morgan fingerprint density at radius 2 is 1.54 bits per heavy atom. The minimum absolute atomic E-state index is 0.0666. The molecular weight excluding hydrogens is 312 g/mol. The van der Waals surface area contributed by atoms with Crippen LogP contribution in [-0.2, 0) is 30.5 Å². The molecule has 0 aliphatic heterocycles. The molecule has 0 saturated heterocycles. The number of benzene rings is 1. The van der Waals surface area contributed by atoms with Gasteiger partial charge in [0.15, 0.2) is 5.78 Å². The molecule has 0 radical (unpaired) electrons. The average Bonchev–Trinajstić information content (AvgIpc) is 2.53. The van der Waals surface area contributed by atoms with E-state index in [9.17, 15) is 14.4 Å². The van der Waals surface area contributed by atoms with Crippen molar-refractivity contribution in [2.45, 2.75) is 34.3 Å². The molecule has 0 amide bonds. The van der Waals surface area contributed by atoms with Crippen molar-refractivity contribution in [2.75, 3.05) is 13.2 Å². The molecule has 0 aliphatic carbocycles. The van der Waals surface area contributed by atoms with Crippen molar-refractivity contribution >= 4 is 17.7 Å². The lowest BCUT2D eigenvalue weighted by molar-refractivity contribution is -0.148. The fraction of sp³-hybridized carbons (Fsp3) is 0.500. The monoisotopic (exact) mass is 336 g/mol. The first-order valence-electron chi connectivity index (χ1n) is 7.86. The van der Waals surface area contributed by atoms with Crippen LogP contribution in [0.1, 0.15) is 33.3 Å².